The number of aliphatic carboxylic acids is 1. The van der Waals surface area contributed by atoms with Crippen LogP contribution in [0.5, 0.6) is 0 Å². The molecule has 0 aromatic carbocycles. The van der Waals surface area contributed by atoms with Crippen LogP contribution in [0, 0.1) is 5.41 Å². The van der Waals surface area contributed by atoms with Crippen LogP contribution >= 0.6 is 0 Å². The maximum Gasteiger partial charge on any atom is 0.310 e. The molecule has 1 heterocycles. The van der Waals surface area contributed by atoms with Gasteiger partial charge in [0.05, 0.1) is 5.41 Å². The number of carbonyl (C=O) groups is 2. The molecule has 1 rings (SSSR count). The molecule has 5 heteroatoms. The summed E-state index contributed by atoms with van der Waals surface area (Å²) in [6.45, 7) is 19.3. The fourth-order valence-corrected chi connectivity index (χ4v) is 4.39. The average Bonchev–Trinajstić information content (AvgIpc) is 2.55. The molecule has 0 unspecified atom stereocenters. The Bertz CT molecular complexity index is 526. The number of amides is 1. The molecule has 1 saturated heterocycles. The molecule has 0 saturated carbocycles. The highest BCUT2D eigenvalue weighted by Gasteiger charge is 2.58. The number of carbonyl (C=O) groups excluding carboxylic acids is 1. The first-order valence-electron chi connectivity index (χ1n) is 10.1. The maximum absolute atomic E-state index is 13.7. The third kappa shape index (κ3) is 3.64. The first-order valence-corrected chi connectivity index (χ1v) is 10.1. The van der Waals surface area contributed by atoms with Crippen molar-refractivity contribution in [3.05, 3.63) is 0 Å². The van der Waals surface area contributed by atoms with Crippen molar-refractivity contribution < 1.29 is 14.7 Å². The number of carboxylic acids is 1. The van der Waals surface area contributed by atoms with Gasteiger partial charge in [-0.1, -0.05) is 27.7 Å². The Balaban J connectivity index is 3.63. The van der Waals surface area contributed by atoms with Crippen LogP contribution in [0.4, 0.5) is 0 Å². The van der Waals surface area contributed by atoms with Crippen molar-refractivity contribution in [3.8, 4) is 0 Å². The number of piperazine rings is 1. The lowest BCUT2D eigenvalue weighted by Crippen LogP contribution is -2.77. The van der Waals surface area contributed by atoms with Gasteiger partial charge in [0, 0.05) is 24.2 Å². The summed E-state index contributed by atoms with van der Waals surface area (Å²) in [5.41, 5.74) is -2.02. The monoisotopic (exact) mass is 368 g/mol. The minimum atomic E-state index is -0.907. The van der Waals surface area contributed by atoms with Crippen LogP contribution in [0.2, 0.25) is 0 Å². The van der Waals surface area contributed by atoms with Gasteiger partial charge in [-0.3, -0.25) is 14.5 Å². The summed E-state index contributed by atoms with van der Waals surface area (Å²) in [6.07, 6.45) is 3.15. The Hall–Kier alpha value is -1.10. The maximum atomic E-state index is 13.7. The molecular weight excluding hydrogens is 328 g/mol. The summed E-state index contributed by atoms with van der Waals surface area (Å²) in [7, 11) is 0. The van der Waals surface area contributed by atoms with Crippen LogP contribution in [0.1, 0.15) is 88.0 Å². The number of carboxylic acid groups (broad SMARTS) is 1. The Morgan fingerprint density at radius 2 is 1.46 bits per heavy atom. The zero-order valence-electron chi connectivity index (χ0n) is 18.4. The van der Waals surface area contributed by atoms with E-state index < -0.39 is 16.9 Å². The molecule has 0 atom stereocenters. The predicted octanol–water partition coefficient (Wildman–Crippen LogP) is 4.16. The van der Waals surface area contributed by atoms with E-state index >= 15 is 0 Å². The smallest absolute Gasteiger partial charge is 0.310 e. The normalized spacial score (nSPS) is 21.1. The SMILES string of the molecule is CCC1(CC)CN(C(C)(C)C)C(=O)C(CC)(CC)N1CC(C)(C)C(=O)O. The van der Waals surface area contributed by atoms with Crippen LogP contribution in [-0.2, 0) is 9.59 Å². The van der Waals surface area contributed by atoms with Gasteiger partial charge >= 0.3 is 5.97 Å². The van der Waals surface area contributed by atoms with Gasteiger partial charge in [-0.25, -0.2) is 0 Å². The summed E-state index contributed by atoms with van der Waals surface area (Å²) in [5, 5.41) is 9.73. The number of rotatable bonds is 7. The van der Waals surface area contributed by atoms with Crippen LogP contribution in [-0.4, -0.2) is 56.5 Å². The molecule has 26 heavy (non-hydrogen) atoms. The van der Waals surface area contributed by atoms with Crippen molar-refractivity contribution >= 4 is 11.9 Å². The molecule has 1 amide bonds. The van der Waals surface area contributed by atoms with Crippen LogP contribution in [0.25, 0.3) is 0 Å². The number of nitrogens with zero attached hydrogens (tertiary/aromatic N) is 2. The Kier molecular flexibility index (Phi) is 6.61. The molecule has 0 spiro atoms. The van der Waals surface area contributed by atoms with Gasteiger partial charge < -0.3 is 10.0 Å². The van der Waals surface area contributed by atoms with Crippen molar-refractivity contribution in [1.82, 2.24) is 9.80 Å². The third-order valence-corrected chi connectivity index (χ3v) is 6.61. The van der Waals surface area contributed by atoms with Crippen LogP contribution in [0.15, 0.2) is 0 Å². The summed E-state index contributed by atoms with van der Waals surface area (Å²) >= 11 is 0. The zero-order valence-corrected chi connectivity index (χ0v) is 18.4. The summed E-state index contributed by atoms with van der Waals surface area (Å²) in [4.78, 5) is 29.8. The highest BCUT2D eigenvalue weighted by atomic mass is 16.4. The molecule has 1 aliphatic rings. The van der Waals surface area contributed by atoms with E-state index in [1.165, 1.54) is 0 Å². The van der Waals surface area contributed by atoms with E-state index in [-0.39, 0.29) is 17.0 Å². The van der Waals surface area contributed by atoms with Crippen molar-refractivity contribution in [1.29, 1.82) is 0 Å². The minimum absolute atomic E-state index is 0.147. The predicted molar refractivity (Wildman–Crippen MR) is 106 cm³/mol. The van der Waals surface area contributed by atoms with Crippen molar-refractivity contribution in [3.63, 3.8) is 0 Å². The summed E-state index contributed by atoms with van der Waals surface area (Å²) in [6, 6.07) is 0. The van der Waals surface area contributed by atoms with Gasteiger partial charge in [0.1, 0.15) is 5.54 Å². The molecular formula is C21H40N2O3. The molecule has 1 N–H and O–H groups in total. The van der Waals surface area contributed by atoms with E-state index in [1.807, 2.05) is 4.90 Å². The average molecular weight is 369 g/mol. The van der Waals surface area contributed by atoms with E-state index in [4.69, 9.17) is 0 Å². The minimum Gasteiger partial charge on any atom is -0.481 e. The molecule has 0 radical (unpaired) electrons. The molecule has 0 bridgehead atoms. The van der Waals surface area contributed by atoms with Crippen LogP contribution in [0.3, 0.4) is 0 Å². The van der Waals surface area contributed by atoms with E-state index in [0.717, 1.165) is 12.8 Å². The Morgan fingerprint density at radius 3 is 1.77 bits per heavy atom. The standard InChI is InChI=1S/C21H40N2O3/c1-10-20(11-2)15-22(18(5,6)7)16(24)21(12-3,13-4)23(20)14-19(8,9)17(25)26/h10-15H2,1-9H3,(H,25,26). The number of hydrogen-bond donors (Lipinski definition) is 1. The van der Waals surface area contributed by atoms with Gasteiger partial charge in [0.15, 0.2) is 0 Å². The lowest BCUT2D eigenvalue weighted by Gasteiger charge is -2.62. The van der Waals surface area contributed by atoms with E-state index in [0.29, 0.717) is 25.9 Å². The van der Waals surface area contributed by atoms with Gasteiger partial charge in [-0.15, -0.1) is 0 Å². The largest absolute Gasteiger partial charge is 0.481 e. The fourth-order valence-electron chi connectivity index (χ4n) is 4.39. The Morgan fingerprint density at radius 1 is 1.00 bits per heavy atom. The molecule has 0 aliphatic carbocycles. The highest BCUT2D eigenvalue weighted by Crippen LogP contribution is 2.45. The highest BCUT2D eigenvalue weighted by molar-refractivity contribution is 5.88. The van der Waals surface area contributed by atoms with Gasteiger partial charge in [0.25, 0.3) is 0 Å². The Labute approximate surface area is 160 Å². The third-order valence-electron chi connectivity index (χ3n) is 6.61. The number of hydrogen-bond acceptors (Lipinski definition) is 3. The first-order chi connectivity index (χ1) is 11.8. The van der Waals surface area contributed by atoms with Crippen molar-refractivity contribution in [2.45, 2.75) is 105 Å². The molecule has 0 aromatic rings. The lowest BCUT2D eigenvalue weighted by molar-refractivity contribution is -0.184. The van der Waals surface area contributed by atoms with Crippen molar-refractivity contribution in [2.75, 3.05) is 13.1 Å². The summed E-state index contributed by atoms with van der Waals surface area (Å²) in [5.74, 6) is -0.667. The molecule has 1 aliphatic heterocycles. The fraction of sp³-hybridized carbons (Fsp3) is 0.905. The lowest BCUT2D eigenvalue weighted by atomic mass is 9.73. The van der Waals surface area contributed by atoms with Gasteiger partial charge in [-0.2, -0.15) is 0 Å². The van der Waals surface area contributed by atoms with Gasteiger partial charge in [0.2, 0.25) is 5.91 Å². The molecule has 152 valence electrons. The second-order valence-electron chi connectivity index (χ2n) is 9.51. The first kappa shape index (κ1) is 22.9. The zero-order chi connectivity index (χ0) is 20.6. The molecule has 0 aromatic heterocycles. The topological polar surface area (TPSA) is 60.9 Å². The van der Waals surface area contributed by atoms with E-state index in [2.05, 4.69) is 53.4 Å². The molecule has 5 nitrogen and oxygen atoms in total. The summed E-state index contributed by atoms with van der Waals surface area (Å²) < 4.78 is 0. The molecule has 1 fully saturated rings. The van der Waals surface area contributed by atoms with Crippen molar-refractivity contribution in [2.24, 2.45) is 5.41 Å². The van der Waals surface area contributed by atoms with Gasteiger partial charge in [-0.05, 0) is 60.3 Å². The second-order valence-corrected chi connectivity index (χ2v) is 9.51. The van der Waals surface area contributed by atoms with E-state index in [1.54, 1.807) is 13.8 Å². The van der Waals surface area contributed by atoms with E-state index in [9.17, 15) is 14.7 Å². The second kappa shape index (κ2) is 7.49. The van der Waals surface area contributed by atoms with Crippen LogP contribution < -0.4 is 0 Å². The quantitative estimate of drug-likeness (QED) is 0.733.